The molecule has 52 valence electrons. The van der Waals surface area contributed by atoms with Crippen LogP contribution in [0.5, 0.6) is 0 Å². The van der Waals surface area contributed by atoms with E-state index >= 15 is 0 Å². The highest BCUT2D eigenvalue weighted by Crippen LogP contribution is 2.42. The standard InChI is InChI=1S/C8H15P/c1-2-3-6-9-7-4-5-8-9/h4,7H,2-3,5-6,8H2,1H3. The molecular formula is C8H15P. The fraction of sp³-hybridized carbons (Fsp3) is 0.750. The summed E-state index contributed by atoms with van der Waals surface area (Å²) in [4.78, 5) is 0. The van der Waals surface area contributed by atoms with Crippen molar-refractivity contribution in [2.75, 3.05) is 12.3 Å². The van der Waals surface area contributed by atoms with Gasteiger partial charge in [-0.05, 0) is 25.2 Å². The maximum absolute atomic E-state index is 2.45. The van der Waals surface area contributed by atoms with Crippen molar-refractivity contribution in [3.05, 3.63) is 11.9 Å². The molecule has 0 amide bonds. The van der Waals surface area contributed by atoms with Crippen LogP contribution in [0.25, 0.3) is 0 Å². The first-order valence-corrected chi connectivity index (χ1v) is 5.62. The van der Waals surface area contributed by atoms with Gasteiger partial charge in [-0.25, -0.2) is 0 Å². The van der Waals surface area contributed by atoms with Crippen LogP contribution in [0, 0.1) is 0 Å². The number of hydrogen-bond donors (Lipinski definition) is 0. The van der Waals surface area contributed by atoms with Gasteiger partial charge < -0.3 is 0 Å². The van der Waals surface area contributed by atoms with Gasteiger partial charge in [-0.15, -0.1) is 0 Å². The molecule has 0 aromatic heterocycles. The lowest BCUT2D eigenvalue weighted by Crippen LogP contribution is -1.81. The normalized spacial score (nSPS) is 25.2. The molecule has 9 heavy (non-hydrogen) atoms. The summed E-state index contributed by atoms with van der Waals surface area (Å²) >= 11 is 0. The largest absolute Gasteiger partial charge is 0.0837 e. The van der Waals surface area contributed by atoms with Gasteiger partial charge in [-0.2, -0.15) is 0 Å². The first kappa shape index (κ1) is 7.28. The molecule has 0 aliphatic carbocycles. The highest BCUT2D eigenvalue weighted by atomic mass is 31.1. The first-order valence-electron chi connectivity index (χ1n) is 3.84. The van der Waals surface area contributed by atoms with Crippen LogP contribution >= 0.6 is 7.92 Å². The van der Waals surface area contributed by atoms with Crippen LogP contribution in [0.2, 0.25) is 0 Å². The van der Waals surface area contributed by atoms with Gasteiger partial charge in [0.1, 0.15) is 0 Å². The predicted molar refractivity (Wildman–Crippen MR) is 45.3 cm³/mol. The van der Waals surface area contributed by atoms with Gasteiger partial charge in [0.2, 0.25) is 0 Å². The van der Waals surface area contributed by atoms with Gasteiger partial charge in [-0.1, -0.05) is 33.2 Å². The number of rotatable bonds is 3. The highest BCUT2D eigenvalue weighted by Gasteiger charge is 2.05. The van der Waals surface area contributed by atoms with E-state index in [1.54, 1.807) is 0 Å². The Kier molecular flexibility index (Phi) is 3.28. The Morgan fingerprint density at radius 2 is 2.44 bits per heavy atom. The van der Waals surface area contributed by atoms with Crippen LogP contribution in [-0.2, 0) is 0 Å². The molecule has 1 heteroatoms. The van der Waals surface area contributed by atoms with Gasteiger partial charge in [-0.3, -0.25) is 0 Å². The Hall–Kier alpha value is 0.170. The van der Waals surface area contributed by atoms with Crippen LogP contribution in [0.1, 0.15) is 26.2 Å². The molecule has 0 spiro atoms. The van der Waals surface area contributed by atoms with E-state index in [0.717, 1.165) is 0 Å². The van der Waals surface area contributed by atoms with E-state index in [1.807, 2.05) is 0 Å². The van der Waals surface area contributed by atoms with Crippen molar-refractivity contribution in [3.8, 4) is 0 Å². The quantitative estimate of drug-likeness (QED) is 0.531. The molecule has 1 aliphatic heterocycles. The van der Waals surface area contributed by atoms with E-state index in [4.69, 9.17) is 0 Å². The molecule has 1 rings (SSSR count). The molecule has 0 nitrogen and oxygen atoms in total. The summed E-state index contributed by atoms with van der Waals surface area (Å²) in [5.74, 6) is 2.45. The molecule has 1 heterocycles. The summed E-state index contributed by atoms with van der Waals surface area (Å²) in [6, 6.07) is 0. The monoisotopic (exact) mass is 142 g/mol. The summed E-state index contributed by atoms with van der Waals surface area (Å²) in [5.41, 5.74) is 0. The minimum absolute atomic E-state index is 0.368. The van der Waals surface area contributed by atoms with E-state index in [9.17, 15) is 0 Å². The Bertz CT molecular complexity index is 96.7. The molecule has 0 radical (unpaired) electrons. The average Bonchev–Trinajstić information content (AvgIpc) is 2.34. The van der Waals surface area contributed by atoms with Crippen LogP contribution in [0.3, 0.4) is 0 Å². The minimum atomic E-state index is 0.368. The topological polar surface area (TPSA) is 0 Å². The molecule has 1 aliphatic rings. The summed E-state index contributed by atoms with van der Waals surface area (Å²) in [6.07, 6.45) is 9.48. The molecule has 1 atom stereocenters. The third kappa shape index (κ3) is 2.49. The van der Waals surface area contributed by atoms with Crippen LogP contribution < -0.4 is 0 Å². The number of hydrogen-bond acceptors (Lipinski definition) is 0. The second kappa shape index (κ2) is 4.06. The second-order valence-electron chi connectivity index (χ2n) is 2.56. The lowest BCUT2D eigenvalue weighted by molar-refractivity contribution is 0.891. The SMILES string of the molecule is CCCCP1C=CCC1. The zero-order valence-electron chi connectivity index (χ0n) is 6.14. The zero-order chi connectivity index (χ0) is 6.53. The maximum atomic E-state index is 2.45. The van der Waals surface area contributed by atoms with Crippen molar-refractivity contribution in [1.82, 2.24) is 0 Å². The van der Waals surface area contributed by atoms with Crippen molar-refractivity contribution in [2.24, 2.45) is 0 Å². The molecular weight excluding hydrogens is 127 g/mol. The molecule has 0 saturated carbocycles. The highest BCUT2D eigenvalue weighted by molar-refractivity contribution is 7.61. The Labute approximate surface area is 59.1 Å². The van der Waals surface area contributed by atoms with Crippen LogP contribution in [0.15, 0.2) is 11.9 Å². The Balaban J connectivity index is 2.05. The zero-order valence-corrected chi connectivity index (χ0v) is 7.03. The Morgan fingerprint density at radius 1 is 1.56 bits per heavy atom. The van der Waals surface area contributed by atoms with Crippen molar-refractivity contribution < 1.29 is 0 Å². The van der Waals surface area contributed by atoms with E-state index in [-0.39, 0.29) is 0 Å². The van der Waals surface area contributed by atoms with Crippen LogP contribution in [0.4, 0.5) is 0 Å². The van der Waals surface area contributed by atoms with E-state index in [0.29, 0.717) is 7.92 Å². The van der Waals surface area contributed by atoms with Gasteiger partial charge in [0.15, 0.2) is 0 Å². The second-order valence-corrected chi connectivity index (χ2v) is 4.93. The molecule has 0 fully saturated rings. The lowest BCUT2D eigenvalue weighted by Gasteiger charge is -2.04. The number of allylic oxidation sites excluding steroid dienone is 1. The van der Waals surface area contributed by atoms with Crippen molar-refractivity contribution >= 4 is 7.92 Å². The van der Waals surface area contributed by atoms with Crippen molar-refractivity contribution in [3.63, 3.8) is 0 Å². The average molecular weight is 142 g/mol. The van der Waals surface area contributed by atoms with Gasteiger partial charge in [0, 0.05) is 0 Å². The van der Waals surface area contributed by atoms with Gasteiger partial charge in [0.05, 0.1) is 0 Å². The van der Waals surface area contributed by atoms with Crippen molar-refractivity contribution in [2.45, 2.75) is 26.2 Å². The molecule has 0 aromatic carbocycles. The predicted octanol–water partition coefficient (Wildman–Crippen LogP) is 3.19. The van der Waals surface area contributed by atoms with E-state index in [2.05, 4.69) is 18.8 Å². The summed E-state index contributed by atoms with van der Waals surface area (Å²) in [5, 5.41) is 0. The molecule has 0 saturated heterocycles. The summed E-state index contributed by atoms with van der Waals surface area (Å²) in [7, 11) is 0.368. The lowest BCUT2D eigenvalue weighted by atomic mass is 10.4. The smallest absolute Gasteiger partial charge is 0.0256 e. The molecule has 1 unspecified atom stereocenters. The summed E-state index contributed by atoms with van der Waals surface area (Å²) in [6.45, 7) is 2.27. The van der Waals surface area contributed by atoms with Gasteiger partial charge in [0.25, 0.3) is 0 Å². The third-order valence-corrected chi connectivity index (χ3v) is 4.05. The van der Waals surface area contributed by atoms with E-state index in [1.165, 1.54) is 31.6 Å². The van der Waals surface area contributed by atoms with Gasteiger partial charge >= 0.3 is 0 Å². The van der Waals surface area contributed by atoms with E-state index < -0.39 is 0 Å². The number of unbranched alkanes of at least 4 members (excludes halogenated alkanes) is 1. The molecule has 0 bridgehead atoms. The third-order valence-electron chi connectivity index (χ3n) is 1.70. The summed E-state index contributed by atoms with van der Waals surface area (Å²) < 4.78 is 0. The molecule has 0 aromatic rings. The first-order chi connectivity index (χ1) is 4.43. The molecule has 0 N–H and O–H groups in total. The fourth-order valence-corrected chi connectivity index (χ4v) is 3.26. The fourth-order valence-electron chi connectivity index (χ4n) is 1.09. The van der Waals surface area contributed by atoms with Crippen molar-refractivity contribution in [1.29, 1.82) is 0 Å². The Morgan fingerprint density at radius 3 is 3.00 bits per heavy atom. The minimum Gasteiger partial charge on any atom is -0.0837 e. The maximum Gasteiger partial charge on any atom is -0.0256 e. The van der Waals surface area contributed by atoms with Crippen LogP contribution in [-0.4, -0.2) is 12.3 Å².